The first-order chi connectivity index (χ1) is 13.3. The van der Waals surface area contributed by atoms with E-state index in [1.54, 1.807) is 7.11 Å². The maximum atomic E-state index is 13.3. The predicted octanol–water partition coefficient (Wildman–Crippen LogP) is 4.68. The minimum atomic E-state index is 0.0481. The molecule has 3 aromatic carbocycles. The molecule has 0 aromatic heterocycles. The summed E-state index contributed by atoms with van der Waals surface area (Å²) < 4.78 is 5.22. The molecule has 0 bridgehead atoms. The first-order valence-electron chi connectivity index (χ1n) is 9.33. The van der Waals surface area contributed by atoms with Crippen molar-refractivity contribution in [2.45, 2.75) is 18.9 Å². The van der Waals surface area contributed by atoms with E-state index >= 15 is 0 Å². The molecule has 1 atom stereocenters. The minimum absolute atomic E-state index is 0.0481. The third-order valence-electron chi connectivity index (χ3n) is 5.28. The molecule has 3 heteroatoms. The Balaban J connectivity index is 1.68. The Morgan fingerprint density at radius 1 is 0.963 bits per heavy atom. The second kappa shape index (κ2) is 7.67. The van der Waals surface area contributed by atoms with Gasteiger partial charge in [-0.25, -0.2) is 0 Å². The van der Waals surface area contributed by atoms with Crippen LogP contribution in [0.5, 0.6) is 5.75 Å². The van der Waals surface area contributed by atoms with Gasteiger partial charge in [0.05, 0.1) is 13.2 Å². The average molecular weight is 357 g/mol. The molecule has 1 aliphatic rings. The molecule has 27 heavy (non-hydrogen) atoms. The number of carbonyl (C=O) groups is 1. The highest BCUT2D eigenvalue weighted by Crippen LogP contribution is 2.33. The molecule has 1 heterocycles. The summed E-state index contributed by atoms with van der Waals surface area (Å²) in [5.41, 5.74) is 4.55. The molecule has 0 saturated heterocycles. The zero-order valence-corrected chi connectivity index (χ0v) is 15.5. The first kappa shape index (κ1) is 17.3. The highest BCUT2D eigenvalue weighted by molar-refractivity contribution is 5.94. The second-order valence-corrected chi connectivity index (χ2v) is 6.88. The molecule has 3 aromatic rings. The van der Waals surface area contributed by atoms with E-state index in [1.165, 1.54) is 16.7 Å². The summed E-state index contributed by atoms with van der Waals surface area (Å²) in [6.07, 6.45) is 1.71. The van der Waals surface area contributed by atoms with Gasteiger partial charge in [-0.1, -0.05) is 54.6 Å². The fourth-order valence-corrected chi connectivity index (χ4v) is 3.85. The number of methoxy groups -OCH3 is 1. The molecule has 0 spiro atoms. The Hall–Kier alpha value is -3.07. The molecule has 1 unspecified atom stereocenters. The van der Waals surface area contributed by atoms with Gasteiger partial charge in [-0.05, 0) is 53.8 Å². The first-order valence-corrected chi connectivity index (χ1v) is 9.33. The minimum Gasteiger partial charge on any atom is -0.497 e. The number of amides is 1. The van der Waals surface area contributed by atoms with Crippen molar-refractivity contribution in [2.75, 3.05) is 13.7 Å². The Morgan fingerprint density at radius 3 is 2.41 bits per heavy atom. The van der Waals surface area contributed by atoms with Crippen molar-refractivity contribution in [3.05, 3.63) is 101 Å². The number of rotatable bonds is 4. The quantitative estimate of drug-likeness (QED) is 0.679. The number of hydrogen-bond acceptors (Lipinski definition) is 2. The summed E-state index contributed by atoms with van der Waals surface area (Å²) in [6, 6.07) is 26.3. The monoisotopic (exact) mass is 357 g/mol. The lowest BCUT2D eigenvalue weighted by Crippen LogP contribution is -2.41. The smallest absolute Gasteiger partial charge is 0.254 e. The van der Waals surface area contributed by atoms with Crippen molar-refractivity contribution >= 4 is 5.91 Å². The molecule has 1 aliphatic heterocycles. The topological polar surface area (TPSA) is 29.5 Å². The summed E-state index contributed by atoms with van der Waals surface area (Å²) in [5.74, 6) is 0.837. The zero-order chi connectivity index (χ0) is 18.6. The predicted molar refractivity (Wildman–Crippen MR) is 107 cm³/mol. The van der Waals surface area contributed by atoms with Crippen LogP contribution >= 0.6 is 0 Å². The van der Waals surface area contributed by atoms with E-state index in [0.717, 1.165) is 25.1 Å². The van der Waals surface area contributed by atoms with Gasteiger partial charge in [-0.15, -0.1) is 0 Å². The maximum absolute atomic E-state index is 13.3. The summed E-state index contributed by atoms with van der Waals surface area (Å²) >= 11 is 0. The third-order valence-corrected chi connectivity index (χ3v) is 5.28. The highest BCUT2D eigenvalue weighted by atomic mass is 16.5. The van der Waals surface area contributed by atoms with Gasteiger partial charge < -0.3 is 9.64 Å². The third kappa shape index (κ3) is 3.59. The van der Waals surface area contributed by atoms with Crippen molar-refractivity contribution < 1.29 is 9.53 Å². The SMILES string of the molecule is COc1ccc(C(=O)N2CCc3ccccc3C2Cc2ccccc2)cc1. The van der Waals surface area contributed by atoms with Crippen molar-refractivity contribution in [1.29, 1.82) is 0 Å². The summed E-state index contributed by atoms with van der Waals surface area (Å²) in [5, 5.41) is 0. The van der Waals surface area contributed by atoms with Crippen LogP contribution in [0.25, 0.3) is 0 Å². The lowest BCUT2D eigenvalue weighted by Gasteiger charge is -2.37. The Bertz CT molecular complexity index is 919. The van der Waals surface area contributed by atoms with Crippen molar-refractivity contribution in [3.63, 3.8) is 0 Å². The Labute approximate surface area is 160 Å². The molecule has 0 N–H and O–H groups in total. The molecular formula is C24H23NO2. The van der Waals surface area contributed by atoms with Crippen LogP contribution in [-0.4, -0.2) is 24.5 Å². The average Bonchev–Trinajstić information content (AvgIpc) is 2.74. The number of nitrogens with zero attached hydrogens (tertiary/aromatic N) is 1. The van der Waals surface area contributed by atoms with Gasteiger partial charge in [0.2, 0.25) is 0 Å². The van der Waals surface area contributed by atoms with Crippen LogP contribution in [-0.2, 0) is 12.8 Å². The number of fused-ring (bicyclic) bond motifs is 1. The fourth-order valence-electron chi connectivity index (χ4n) is 3.85. The van der Waals surface area contributed by atoms with E-state index in [4.69, 9.17) is 4.74 Å². The van der Waals surface area contributed by atoms with Crippen LogP contribution in [0.1, 0.15) is 33.1 Å². The molecule has 0 fully saturated rings. The zero-order valence-electron chi connectivity index (χ0n) is 15.5. The van der Waals surface area contributed by atoms with Gasteiger partial charge in [-0.3, -0.25) is 4.79 Å². The standard InChI is InChI=1S/C24H23NO2/c1-27-21-13-11-20(12-14-21)24(26)25-16-15-19-9-5-6-10-22(19)23(25)17-18-7-3-2-4-8-18/h2-14,23H,15-17H2,1H3. The number of benzene rings is 3. The van der Waals surface area contributed by atoms with Crippen LogP contribution in [0.4, 0.5) is 0 Å². The summed E-state index contributed by atoms with van der Waals surface area (Å²) in [6.45, 7) is 0.735. The van der Waals surface area contributed by atoms with Crippen LogP contribution in [0.3, 0.4) is 0 Å². The normalized spacial score (nSPS) is 15.9. The van der Waals surface area contributed by atoms with E-state index in [0.29, 0.717) is 5.56 Å². The van der Waals surface area contributed by atoms with Crippen molar-refractivity contribution in [2.24, 2.45) is 0 Å². The maximum Gasteiger partial charge on any atom is 0.254 e. The largest absolute Gasteiger partial charge is 0.497 e. The summed E-state index contributed by atoms with van der Waals surface area (Å²) in [4.78, 5) is 15.3. The number of carbonyl (C=O) groups excluding carboxylic acids is 1. The fraction of sp³-hybridized carbons (Fsp3) is 0.208. The molecule has 0 saturated carbocycles. The van der Waals surface area contributed by atoms with Crippen molar-refractivity contribution in [1.82, 2.24) is 4.90 Å². The second-order valence-electron chi connectivity index (χ2n) is 6.88. The van der Waals surface area contributed by atoms with E-state index in [9.17, 15) is 4.79 Å². The molecule has 0 aliphatic carbocycles. The van der Waals surface area contributed by atoms with E-state index in [1.807, 2.05) is 35.2 Å². The van der Waals surface area contributed by atoms with E-state index in [2.05, 4.69) is 48.5 Å². The van der Waals surface area contributed by atoms with Gasteiger partial charge >= 0.3 is 0 Å². The molecule has 3 nitrogen and oxygen atoms in total. The molecule has 0 radical (unpaired) electrons. The molecule has 136 valence electrons. The Kier molecular flexibility index (Phi) is 4.93. The summed E-state index contributed by atoms with van der Waals surface area (Å²) in [7, 11) is 1.63. The Morgan fingerprint density at radius 2 is 1.67 bits per heavy atom. The number of hydrogen-bond donors (Lipinski definition) is 0. The van der Waals surface area contributed by atoms with E-state index < -0.39 is 0 Å². The lowest BCUT2D eigenvalue weighted by atomic mass is 9.88. The van der Waals surface area contributed by atoms with Gasteiger partial charge in [0.15, 0.2) is 0 Å². The van der Waals surface area contributed by atoms with Gasteiger partial charge in [0, 0.05) is 12.1 Å². The molecule has 4 rings (SSSR count). The highest BCUT2D eigenvalue weighted by Gasteiger charge is 2.31. The van der Waals surface area contributed by atoms with Crippen LogP contribution in [0.15, 0.2) is 78.9 Å². The lowest BCUT2D eigenvalue weighted by molar-refractivity contribution is 0.0660. The van der Waals surface area contributed by atoms with Gasteiger partial charge in [-0.2, -0.15) is 0 Å². The van der Waals surface area contributed by atoms with E-state index in [-0.39, 0.29) is 11.9 Å². The van der Waals surface area contributed by atoms with Crippen molar-refractivity contribution in [3.8, 4) is 5.75 Å². The number of ether oxygens (including phenoxy) is 1. The molecule has 1 amide bonds. The van der Waals surface area contributed by atoms with Gasteiger partial charge in [0.25, 0.3) is 5.91 Å². The van der Waals surface area contributed by atoms with Crippen LogP contribution in [0, 0.1) is 0 Å². The van der Waals surface area contributed by atoms with Crippen LogP contribution in [0.2, 0.25) is 0 Å². The van der Waals surface area contributed by atoms with Crippen LogP contribution < -0.4 is 4.74 Å². The molecular weight excluding hydrogens is 334 g/mol. The van der Waals surface area contributed by atoms with Gasteiger partial charge in [0.1, 0.15) is 5.75 Å².